The van der Waals surface area contributed by atoms with Gasteiger partial charge in [0.1, 0.15) is 5.75 Å². The van der Waals surface area contributed by atoms with Crippen LogP contribution in [0.3, 0.4) is 0 Å². The van der Waals surface area contributed by atoms with Crippen molar-refractivity contribution in [3.63, 3.8) is 0 Å². The van der Waals surface area contributed by atoms with Crippen LogP contribution in [0.1, 0.15) is 18.4 Å². The Balaban J connectivity index is 2.30. The lowest BCUT2D eigenvalue weighted by Crippen LogP contribution is -2.11. The summed E-state index contributed by atoms with van der Waals surface area (Å²) in [5.41, 5.74) is 2.10. The van der Waals surface area contributed by atoms with Crippen LogP contribution in [0.2, 0.25) is 0 Å². The second kappa shape index (κ2) is 5.69. The maximum absolute atomic E-state index is 5.72. The summed E-state index contributed by atoms with van der Waals surface area (Å²) in [6.07, 6.45) is 1.74. The van der Waals surface area contributed by atoms with Crippen molar-refractivity contribution in [1.29, 1.82) is 0 Å². The van der Waals surface area contributed by atoms with E-state index in [4.69, 9.17) is 9.15 Å². The molecule has 0 saturated heterocycles. The summed E-state index contributed by atoms with van der Waals surface area (Å²) in [4.78, 5) is 4.25. The summed E-state index contributed by atoms with van der Waals surface area (Å²) in [6, 6.07) is 5.99. The third kappa shape index (κ3) is 2.71. The van der Waals surface area contributed by atoms with Gasteiger partial charge in [-0.2, -0.15) is 0 Å². The van der Waals surface area contributed by atoms with E-state index < -0.39 is 0 Å². The molecule has 0 aliphatic carbocycles. The second-order valence-electron chi connectivity index (χ2n) is 4.10. The number of ether oxygens (including phenoxy) is 1. The van der Waals surface area contributed by atoms with E-state index in [1.54, 1.807) is 13.3 Å². The largest absolute Gasteiger partial charge is 0.496 e. The highest BCUT2D eigenvalue weighted by atomic mass is 16.5. The molecule has 4 heteroatoms. The first-order valence-electron chi connectivity index (χ1n) is 6.05. The number of nitrogens with one attached hydrogen (secondary N) is 1. The lowest BCUT2D eigenvalue weighted by atomic mass is 10.1. The predicted octanol–water partition coefficient (Wildman–Crippen LogP) is 2.77. The van der Waals surface area contributed by atoms with Crippen LogP contribution in [0.25, 0.3) is 11.3 Å². The van der Waals surface area contributed by atoms with E-state index >= 15 is 0 Å². The Morgan fingerprint density at radius 2 is 2.22 bits per heavy atom. The second-order valence-corrected chi connectivity index (χ2v) is 4.10. The Hall–Kier alpha value is -1.81. The Morgan fingerprint density at radius 1 is 1.39 bits per heavy atom. The number of aryl methyl sites for hydroxylation is 1. The summed E-state index contributed by atoms with van der Waals surface area (Å²) in [7, 11) is 1.66. The zero-order chi connectivity index (χ0) is 13.0. The van der Waals surface area contributed by atoms with Crippen molar-refractivity contribution in [3.8, 4) is 17.1 Å². The van der Waals surface area contributed by atoms with Crippen LogP contribution < -0.4 is 10.1 Å². The lowest BCUT2D eigenvalue weighted by Gasteiger charge is -2.06. The fraction of sp³-hybridized carbons (Fsp3) is 0.357. The van der Waals surface area contributed by atoms with Crippen molar-refractivity contribution in [3.05, 3.63) is 35.9 Å². The standard InChI is InChI=1S/C14H18N2O2/c1-4-15-9-14-16-8-13(18-14)11-7-10(2)5-6-12(11)17-3/h5-8,15H,4,9H2,1-3H3. The number of hydrogen-bond acceptors (Lipinski definition) is 4. The summed E-state index contributed by atoms with van der Waals surface area (Å²) >= 11 is 0. The van der Waals surface area contributed by atoms with E-state index in [2.05, 4.69) is 10.3 Å². The number of aromatic nitrogens is 1. The minimum atomic E-state index is 0.643. The first-order valence-corrected chi connectivity index (χ1v) is 6.05. The van der Waals surface area contributed by atoms with Crippen molar-refractivity contribution < 1.29 is 9.15 Å². The number of nitrogens with zero attached hydrogens (tertiary/aromatic N) is 1. The highest BCUT2D eigenvalue weighted by molar-refractivity contribution is 5.66. The zero-order valence-electron chi connectivity index (χ0n) is 11.0. The van der Waals surface area contributed by atoms with Gasteiger partial charge < -0.3 is 14.5 Å². The van der Waals surface area contributed by atoms with Gasteiger partial charge in [0.2, 0.25) is 5.89 Å². The molecule has 0 amide bonds. The highest BCUT2D eigenvalue weighted by Crippen LogP contribution is 2.31. The van der Waals surface area contributed by atoms with E-state index in [9.17, 15) is 0 Å². The molecule has 2 aromatic rings. The number of hydrogen-bond donors (Lipinski definition) is 1. The average molecular weight is 246 g/mol. The monoisotopic (exact) mass is 246 g/mol. The summed E-state index contributed by atoms with van der Waals surface area (Å²) in [5, 5.41) is 3.18. The van der Waals surface area contributed by atoms with Gasteiger partial charge in [-0.15, -0.1) is 0 Å². The molecule has 0 aliphatic heterocycles. The molecule has 96 valence electrons. The minimum Gasteiger partial charge on any atom is -0.496 e. The molecule has 0 bridgehead atoms. The Labute approximate surface area is 107 Å². The van der Waals surface area contributed by atoms with Gasteiger partial charge in [-0.25, -0.2) is 4.98 Å². The molecule has 1 aromatic heterocycles. The van der Waals surface area contributed by atoms with Crippen molar-refractivity contribution in [2.75, 3.05) is 13.7 Å². The van der Waals surface area contributed by atoms with Crippen LogP contribution >= 0.6 is 0 Å². The molecule has 1 aromatic carbocycles. The van der Waals surface area contributed by atoms with Gasteiger partial charge in [0.05, 0.1) is 25.4 Å². The number of oxazole rings is 1. The molecule has 0 radical (unpaired) electrons. The van der Waals surface area contributed by atoms with Crippen molar-refractivity contribution in [2.45, 2.75) is 20.4 Å². The Morgan fingerprint density at radius 3 is 2.94 bits per heavy atom. The number of benzene rings is 1. The molecule has 0 fully saturated rings. The molecular formula is C14H18N2O2. The molecule has 0 atom stereocenters. The van der Waals surface area contributed by atoms with E-state index in [-0.39, 0.29) is 0 Å². The molecule has 0 saturated carbocycles. The molecule has 4 nitrogen and oxygen atoms in total. The van der Waals surface area contributed by atoms with Gasteiger partial charge in [0.25, 0.3) is 0 Å². The van der Waals surface area contributed by atoms with Crippen LogP contribution in [-0.4, -0.2) is 18.6 Å². The van der Waals surface area contributed by atoms with Crippen LogP contribution in [0, 0.1) is 6.92 Å². The maximum Gasteiger partial charge on any atom is 0.208 e. The van der Waals surface area contributed by atoms with Gasteiger partial charge in [0.15, 0.2) is 5.76 Å². The maximum atomic E-state index is 5.72. The zero-order valence-corrected chi connectivity index (χ0v) is 11.0. The van der Waals surface area contributed by atoms with Gasteiger partial charge in [0, 0.05) is 0 Å². The number of methoxy groups -OCH3 is 1. The van der Waals surface area contributed by atoms with Gasteiger partial charge in [-0.05, 0) is 25.6 Å². The van der Waals surface area contributed by atoms with Crippen LogP contribution in [-0.2, 0) is 6.54 Å². The fourth-order valence-corrected chi connectivity index (χ4v) is 1.76. The van der Waals surface area contributed by atoms with Gasteiger partial charge >= 0.3 is 0 Å². The summed E-state index contributed by atoms with van der Waals surface area (Å²) in [5.74, 6) is 2.23. The van der Waals surface area contributed by atoms with E-state index in [1.807, 2.05) is 32.0 Å². The molecule has 0 spiro atoms. The fourth-order valence-electron chi connectivity index (χ4n) is 1.76. The predicted molar refractivity (Wildman–Crippen MR) is 70.6 cm³/mol. The van der Waals surface area contributed by atoms with Crippen molar-refractivity contribution in [2.24, 2.45) is 0 Å². The van der Waals surface area contributed by atoms with E-state index in [1.165, 1.54) is 0 Å². The molecular weight excluding hydrogens is 228 g/mol. The molecule has 18 heavy (non-hydrogen) atoms. The SMILES string of the molecule is CCNCc1ncc(-c2cc(C)ccc2OC)o1. The summed E-state index contributed by atoms with van der Waals surface area (Å²) < 4.78 is 11.1. The first kappa shape index (κ1) is 12.6. The Kier molecular flexibility index (Phi) is 3.99. The highest BCUT2D eigenvalue weighted by Gasteiger charge is 2.11. The van der Waals surface area contributed by atoms with E-state index in [0.29, 0.717) is 12.4 Å². The minimum absolute atomic E-state index is 0.643. The molecule has 1 heterocycles. The van der Waals surface area contributed by atoms with Crippen LogP contribution in [0.15, 0.2) is 28.8 Å². The summed E-state index contributed by atoms with van der Waals surface area (Å²) in [6.45, 7) is 5.63. The van der Waals surface area contributed by atoms with E-state index in [0.717, 1.165) is 29.2 Å². The smallest absolute Gasteiger partial charge is 0.208 e. The molecule has 0 aliphatic rings. The normalized spacial score (nSPS) is 10.6. The Bertz CT molecular complexity index is 520. The number of rotatable bonds is 5. The third-order valence-electron chi connectivity index (χ3n) is 2.70. The van der Waals surface area contributed by atoms with Gasteiger partial charge in [-0.3, -0.25) is 0 Å². The van der Waals surface area contributed by atoms with Crippen molar-refractivity contribution >= 4 is 0 Å². The third-order valence-corrected chi connectivity index (χ3v) is 2.70. The van der Waals surface area contributed by atoms with Crippen molar-refractivity contribution in [1.82, 2.24) is 10.3 Å². The van der Waals surface area contributed by atoms with Gasteiger partial charge in [-0.1, -0.05) is 18.6 Å². The van der Waals surface area contributed by atoms with Crippen LogP contribution in [0.5, 0.6) is 5.75 Å². The first-order chi connectivity index (χ1) is 8.74. The molecule has 2 rings (SSSR count). The quantitative estimate of drug-likeness (QED) is 0.881. The molecule has 0 unspecified atom stereocenters. The topological polar surface area (TPSA) is 47.3 Å². The molecule has 1 N–H and O–H groups in total. The average Bonchev–Trinajstić information content (AvgIpc) is 2.85. The van der Waals surface area contributed by atoms with Crippen LogP contribution in [0.4, 0.5) is 0 Å². The lowest BCUT2D eigenvalue weighted by molar-refractivity contribution is 0.413.